The Kier molecular flexibility index (Phi) is 10.4. The van der Waals surface area contributed by atoms with E-state index in [0.717, 1.165) is 18.4 Å². The van der Waals surface area contributed by atoms with Crippen molar-refractivity contribution in [1.82, 2.24) is 0 Å². The van der Waals surface area contributed by atoms with Crippen molar-refractivity contribution in [1.29, 1.82) is 0 Å². The molecule has 160 valence electrons. The Labute approximate surface area is 166 Å². The van der Waals surface area contributed by atoms with Gasteiger partial charge < -0.3 is 29.2 Å². The first kappa shape index (κ1) is 24.3. The number of carbonyl (C=O) groups is 2. The third-order valence-corrected chi connectivity index (χ3v) is 4.19. The predicted octanol–water partition coefficient (Wildman–Crippen LogP) is 1.64. The average Bonchev–Trinajstić information content (AvgIpc) is 2.59. The van der Waals surface area contributed by atoms with Crippen LogP contribution in [0.3, 0.4) is 0 Å². The zero-order valence-electron chi connectivity index (χ0n) is 17.1. The molecule has 1 saturated heterocycles. The molecule has 1 aliphatic heterocycles. The summed E-state index contributed by atoms with van der Waals surface area (Å²) in [6.45, 7) is 10.5. The van der Waals surface area contributed by atoms with E-state index in [2.05, 4.69) is 12.7 Å². The van der Waals surface area contributed by atoms with Crippen LogP contribution >= 0.6 is 0 Å². The summed E-state index contributed by atoms with van der Waals surface area (Å²) in [5, 5.41) is 20.5. The quantitative estimate of drug-likeness (QED) is 0.420. The van der Waals surface area contributed by atoms with E-state index < -0.39 is 42.6 Å². The highest BCUT2D eigenvalue weighted by molar-refractivity contribution is 5.66. The van der Waals surface area contributed by atoms with E-state index in [1.54, 1.807) is 0 Å². The molecule has 1 fully saturated rings. The Morgan fingerprint density at radius 1 is 1.07 bits per heavy atom. The minimum Gasteiger partial charge on any atom is -0.463 e. The number of aliphatic hydroxyl groups excluding tert-OH is 2. The summed E-state index contributed by atoms with van der Waals surface area (Å²) in [5.41, 5.74) is 2.24. The first-order chi connectivity index (χ1) is 13.1. The topological polar surface area (TPSA) is 112 Å². The lowest BCUT2D eigenvalue weighted by atomic mass is 9.99. The smallest absolute Gasteiger partial charge is 0.303 e. The van der Waals surface area contributed by atoms with Crippen LogP contribution in [0.1, 0.15) is 47.0 Å². The minimum atomic E-state index is -1.44. The molecule has 1 aliphatic rings. The minimum absolute atomic E-state index is 0.235. The molecule has 0 unspecified atom stereocenters. The standard InChI is InChI=1S/C20H32O8/c1-12(2)7-6-8-13(3)9-10-25-20-19(27-15(5)22)18(24)17(23)16(28-20)11-26-14(4)21/h7,16-20,23-24H,3,6,8-11H2,1-2,4-5H3/t16-,17-,18+,19-,20-/m1/s1. The molecular formula is C20H32O8. The van der Waals surface area contributed by atoms with E-state index in [4.69, 9.17) is 18.9 Å². The van der Waals surface area contributed by atoms with Crippen molar-refractivity contribution in [2.45, 2.75) is 77.7 Å². The molecule has 0 aromatic heterocycles. The number of esters is 2. The van der Waals surface area contributed by atoms with Crippen molar-refractivity contribution in [3.63, 3.8) is 0 Å². The average molecular weight is 400 g/mol. The predicted molar refractivity (Wildman–Crippen MR) is 101 cm³/mol. The summed E-state index contributed by atoms with van der Waals surface area (Å²) in [5.74, 6) is -1.18. The van der Waals surface area contributed by atoms with E-state index in [1.807, 2.05) is 13.8 Å². The second-order valence-corrected chi connectivity index (χ2v) is 7.09. The third-order valence-electron chi connectivity index (χ3n) is 4.19. The summed E-state index contributed by atoms with van der Waals surface area (Å²) >= 11 is 0. The fraction of sp³-hybridized carbons (Fsp3) is 0.700. The molecule has 2 N–H and O–H groups in total. The molecule has 1 heterocycles. The van der Waals surface area contributed by atoms with Gasteiger partial charge in [-0.1, -0.05) is 23.8 Å². The first-order valence-corrected chi connectivity index (χ1v) is 9.35. The maximum absolute atomic E-state index is 11.3. The molecule has 28 heavy (non-hydrogen) atoms. The van der Waals surface area contributed by atoms with Crippen LogP contribution in [0.5, 0.6) is 0 Å². The molecule has 8 nitrogen and oxygen atoms in total. The third kappa shape index (κ3) is 8.52. The maximum atomic E-state index is 11.3. The molecule has 0 aliphatic carbocycles. The lowest BCUT2D eigenvalue weighted by molar-refractivity contribution is -0.304. The number of carbonyl (C=O) groups excluding carboxylic acids is 2. The van der Waals surface area contributed by atoms with Crippen molar-refractivity contribution in [2.75, 3.05) is 13.2 Å². The first-order valence-electron chi connectivity index (χ1n) is 9.35. The van der Waals surface area contributed by atoms with Gasteiger partial charge in [-0.3, -0.25) is 9.59 Å². The van der Waals surface area contributed by atoms with Gasteiger partial charge >= 0.3 is 11.9 Å². The van der Waals surface area contributed by atoms with Crippen molar-refractivity contribution in [3.05, 3.63) is 23.8 Å². The SMILES string of the molecule is C=C(CCC=C(C)C)CCO[C@@H]1O[C@H](COC(C)=O)[C@@H](O)[C@H](O)[C@H]1OC(C)=O. The van der Waals surface area contributed by atoms with Crippen molar-refractivity contribution in [3.8, 4) is 0 Å². The lowest BCUT2D eigenvalue weighted by Gasteiger charge is -2.41. The molecule has 1 rings (SSSR count). The summed E-state index contributed by atoms with van der Waals surface area (Å²) < 4.78 is 21.2. The van der Waals surface area contributed by atoms with Gasteiger partial charge in [-0.05, 0) is 33.1 Å². The molecule has 0 amide bonds. The van der Waals surface area contributed by atoms with Gasteiger partial charge in [0, 0.05) is 13.8 Å². The number of aliphatic hydroxyl groups is 2. The Balaban J connectivity index is 2.65. The summed E-state index contributed by atoms with van der Waals surface area (Å²) in [6, 6.07) is 0. The van der Waals surface area contributed by atoms with Crippen LogP contribution in [-0.2, 0) is 28.5 Å². The van der Waals surface area contributed by atoms with Gasteiger partial charge in [0.05, 0.1) is 6.61 Å². The highest BCUT2D eigenvalue weighted by atomic mass is 16.7. The number of hydrogen-bond acceptors (Lipinski definition) is 8. The Morgan fingerprint density at radius 3 is 2.32 bits per heavy atom. The molecule has 8 heteroatoms. The van der Waals surface area contributed by atoms with Crippen LogP contribution < -0.4 is 0 Å². The van der Waals surface area contributed by atoms with E-state index in [9.17, 15) is 19.8 Å². The number of ether oxygens (including phenoxy) is 4. The Hall–Kier alpha value is -1.74. The zero-order valence-corrected chi connectivity index (χ0v) is 17.1. The van der Waals surface area contributed by atoms with Gasteiger partial charge in [-0.25, -0.2) is 0 Å². The van der Waals surface area contributed by atoms with E-state index >= 15 is 0 Å². The molecule has 0 saturated carbocycles. The summed E-state index contributed by atoms with van der Waals surface area (Å²) in [7, 11) is 0. The molecule has 0 radical (unpaired) electrons. The zero-order chi connectivity index (χ0) is 21.3. The van der Waals surface area contributed by atoms with E-state index in [1.165, 1.54) is 19.4 Å². The van der Waals surface area contributed by atoms with Crippen LogP contribution in [-0.4, -0.2) is 66.1 Å². The Morgan fingerprint density at radius 2 is 1.75 bits per heavy atom. The van der Waals surface area contributed by atoms with Crippen LogP contribution in [0, 0.1) is 0 Å². The van der Waals surface area contributed by atoms with Crippen molar-refractivity contribution < 1.29 is 38.7 Å². The van der Waals surface area contributed by atoms with Crippen LogP contribution in [0.15, 0.2) is 23.8 Å². The van der Waals surface area contributed by atoms with E-state index in [-0.39, 0.29) is 13.2 Å². The molecular weight excluding hydrogens is 368 g/mol. The summed E-state index contributed by atoms with van der Waals surface area (Å²) in [6.07, 6.45) is -1.73. The number of allylic oxidation sites excluding steroid dienone is 2. The molecule has 5 atom stereocenters. The summed E-state index contributed by atoms with van der Waals surface area (Å²) in [4.78, 5) is 22.4. The molecule has 0 aromatic carbocycles. The van der Waals surface area contributed by atoms with Gasteiger partial charge in [-0.2, -0.15) is 0 Å². The highest BCUT2D eigenvalue weighted by Gasteiger charge is 2.47. The number of rotatable bonds is 10. The largest absolute Gasteiger partial charge is 0.463 e. The Bertz CT molecular complexity index is 565. The lowest BCUT2D eigenvalue weighted by Crippen LogP contribution is -2.60. The normalized spacial score (nSPS) is 27.0. The van der Waals surface area contributed by atoms with Gasteiger partial charge in [0.25, 0.3) is 0 Å². The van der Waals surface area contributed by atoms with Crippen LogP contribution in [0.25, 0.3) is 0 Å². The second-order valence-electron chi connectivity index (χ2n) is 7.09. The van der Waals surface area contributed by atoms with Gasteiger partial charge in [0.15, 0.2) is 12.4 Å². The van der Waals surface area contributed by atoms with E-state index in [0.29, 0.717) is 6.42 Å². The fourth-order valence-corrected chi connectivity index (χ4v) is 2.70. The monoisotopic (exact) mass is 400 g/mol. The van der Waals surface area contributed by atoms with Crippen molar-refractivity contribution >= 4 is 11.9 Å². The molecule has 0 spiro atoms. The van der Waals surface area contributed by atoms with Gasteiger partial charge in [-0.15, -0.1) is 0 Å². The van der Waals surface area contributed by atoms with Gasteiger partial charge in [0.1, 0.15) is 24.9 Å². The van der Waals surface area contributed by atoms with Gasteiger partial charge in [0.2, 0.25) is 0 Å². The number of hydrogen-bond donors (Lipinski definition) is 2. The highest BCUT2D eigenvalue weighted by Crippen LogP contribution is 2.25. The molecule has 0 aromatic rings. The second kappa shape index (κ2) is 12.0. The van der Waals surface area contributed by atoms with Crippen LogP contribution in [0.4, 0.5) is 0 Å². The molecule has 0 bridgehead atoms. The maximum Gasteiger partial charge on any atom is 0.303 e. The van der Waals surface area contributed by atoms with Crippen molar-refractivity contribution in [2.24, 2.45) is 0 Å². The fourth-order valence-electron chi connectivity index (χ4n) is 2.70. The van der Waals surface area contributed by atoms with Crippen LogP contribution in [0.2, 0.25) is 0 Å².